The van der Waals surface area contributed by atoms with Gasteiger partial charge in [-0.25, -0.2) is 9.78 Å². The first-order valence-corrected chi connectivity index (χ1v) is 10.2. The van der Waals surface area contributed by atoms with E-state index in [1.807, 2.05) is 24.3 Å². The van der Waals surface area contributed by atoms with E-state index in [2.05, 4.69) is 16.3 Å². The lowest BCUT2D eigenvalue weighted by molar-refractivity contribution is 0.194. The topological polar surface area (TPSA) is 143 Å². The molecule has 0 bridgehead atoms. The van der Waals surface area contributed by atoms with Crippen LogP contribution in [0.25, 0.3) is 33.5 Å². The van der Waals surface area contributed by atoms with Gasteiger partial charge < -0.3 is 9.84 Å². The molecule has 10 heteroatoms. The largest absolute Gasteiger partial charge is 0.494 e. The van der Waals surface area contributed by atoms with Crippen molar-refractivity contribution in [3.63, 3.8) is 0 Å². The molecule has 4 aromatic rings. The van der Waals surface area contributed by atoms with E-state index in [1.165, 1.54) is 18.0 Å². The van der Waals surface area contributed by atoms with E-state index in [9.17, 15) is 15.2 Å². The summed E-state index contributed by atoms with van der Waals surface area (Å²) in [7, 11) is 1.50. The second-order valence-corrected chi connectivity index (χ2v) is 7.63. The van der Waals surface area contributed by atoms with Gasteiger partial charge in [0.05, 0.1) is 31.4 Å². The van der Waals surface area contributed by atoms with E-state index in [4.69, 9.17) is 15.0 Å². The van der Waals surface area contributed by atoms with Crippen molar-refractivity contribution in [1.82, 2.24) is 24.5 Å². The Hall–Kier alpha value is -4.70. The van der Waals surface area contributed by atoms with E-state index in [1.54, 1.807) is 12.3 Å². The second-order valence-electron chi connectivity index (χ2n) is 7.63. The van der Waals surface area contributed by atoms with Crippen LogP contribution in [0, 0.1) is 22.7 Å². The minimum absolute atomic E-state index is 0.0558. The van der Waals surface area contributed by atoms with Crippen molar-refractivity contribution >= 4 is 17.1 Å². The van der Waals surface area contributed by atoms with Gasteiger partial charge in [-0.1, -0.05) is 18.2 Å². The number of fused-ring (bicyclic) bond motifs is 2. The molecule has 0 saturated heterocycles. The molecule has 162 valence electrons. The van der Waals surface area contributed by atoms with E-state index in [0.717, 1.165) is 34.2 Å². The van der Waals surface area contributed by atoms with E-state index in [0.29, 0.717) is 28.2 Å². The van der Waals surface area contributed by atoms with Crippen LogP contribution in [0.4, 0.5) is 4.79 Å². The van der Waals surface area contributed by atoms with Gasteiger partial charge in [0.25, 0.3) is 0 Å². The third-order valence-electron chi connectivity index (χ3n) is 5.84. The first-order chi connectivity index (χ1) is 16.0. The van der Waals surface area contributed by atoms with Gasteiger partial charge >= 0.3 is 6.09 Å². The number of aromatic nitrogens is 5. The minimum Gasteiger partial charge on any atom is -0.494 e. The first-order valence-electron chi connectivity index (χ1n) is 10.2. The fourth-order valence-corrected chi connectivity index (χ4v) is 4.37. The zero-order valence-electron chi connectivity index (χ0n) is 17.6. The predicted molar refractivity (Wildman–Crippen MR) is 116 cm³/mol. The molecule has 0 saturated carbocycles. The number of benzene rings is 1. The number of carboxylic acid groups (broad SMARTS) is 1. The highest BCUT2D eigenvalue weighted by molar-refractivity contribution is 5.97. The highest BCUT2D eigenvalue weighted by atomic mass is 16.5. The highest BCUT2D eigenvalue weighted by Gasteiger charge is 2.28. The molecule has 0 radical (unpaired) electrons. The summed E-state index contributed by atoms with van der Waals surface area (Å²) in [6.07, 6.45) is 3.38. The highest BCUT2D eigenvalue weighted by Crippen LogP contribution is 2.42. The summed E-state index contributed by atoms with van der Waals surface area (Å²) in [5.41, 5.74) is 4.95. The van der Waals surface area contributed by atoms with Crippen molar-refractivity contribution in [3.8, 4) is 40.4 Å². The van der Waals surface area contributed by atoms with Crippen molar-refractivity contribution in [2.45, 2.75) is 25.3 Å². The Labute approximate surface area is 187 Å². The van der Waals surface area contributed by atoms with Crippen LogP contribution in [-0.4, -0.2) is 42.9 Å². The Balaban J connectivity index is 1.77. The zero-order valence-corrected chi connectivity index (χ0v) is 17.6. The van der Waals surface area contributed by atoms with Crippen LogP contribution in [0.3, 0.4) is 0 Å². The third kappa shape index (κ3) is 3.17. The molecular formula is C23H17N7O3. The second kappa shape index (κ2) is 7.77. The number of nitrogens with zero attached hydrogens (tertiary/aromatic N) is 7. The molecule has 1 unspecified atom stereocenters. The molecule has 0 aliphatic heterocycles. The lowest BCUT2D eigenvalue weighted by Crippen LogP contribution is -2.09. The molecule has 3 aromatic heterocycles. The van der Waals surface area contributed by atoms with Gasteiger partial charge in [0, 0.05) is 23.4 Å². The Kier molecular flexibility index (Phi) is 4.76. The monoisotopic (exact) mass is 439 g/mol. The van der Waals surface area contributed by atoms with Gasteiger partial charge in [-0.2, -0.15) is 25.4 Å². The number of carbonyl (C=O) groups is 1. The van der Waals surface area contributed by atoms with E-state index >= 15 is 0 Å². The molecule has 1 atom stereocenters. The molecule has 0 fully saturated rings. The van der Waals surface area contributed by atoms with Crippen LogP contribution in [0.1, 0.15) is 23.5 Å². The van der Waals surface area contributed by atoms with Crippen LogP contribution in [0.2, 0.25) is 0 Å². The summed E-state index contributed by atoms with van der Waals surface area (Å²) >= 11 is 0. The standard InChI is InChI=1S/C23H17N7O3/c1-33-19-9-18-22(20(28-30(18)23(31)32)14-11-26-29(12-14)8-7-24)27-21(19)17-4-2-3-15-13(10-25)5-6-16(15)17/h2-4,9,11-13H,5-6,8H2,1H3,(H,31,32). The number of hydrogen-bond donors (Lipinski definition) is 1. The number of methoxy groups -OCH3 is 1. The maximum atomic E-state index is 11.9. The summed E-state index contributed by atoms with van der Waals surface area (Å²) in [5.74, 6) is 0.247. The van der Waals surface area contributed by atoms with Crippen molar-refractivity contribution < 1.29 is 14.6 Å². The average molecular weight is 439 g/mol. The van der Waals surface area contributed by atoms with E-state index < -0.39 is 6.09 Å². The lowest BCUT2D eigenvalue weighted by atomic mass is 9.97. The predicted octanol–water partition coefficient (Wildman–Crippen LogP) is 3.57. The summed E-state index contributed by atoms with van der Waals surface area (Å²) in [6.45, 7) is 0.0558. The van der Waals surface area contributed by atoms with Gasteiger partial charge in [0.1, 0.15) is 34.7 Å². The van der Waals surface area contributed by atoms with E-state index in [-0.39, 0.29) is 18.0 Å². The molecule has 1 aliphatic rings. The molecule has 1 aliphatic carbocycles. The molecule has 5 rings (SSSR count). The fourth-order valence-electron chi connectivity index (χ4n) is 4.37. The maximum absolute atomic E-state index is 11.9. The van der Waals surface area contributed by atoms with Gasteiger partial charge in [-0.05, 0) is 24.0 Å². The quantitative estimate of drug-likeness (QED) is 0.508. The summed E-state index contributed by atoms with van der Waals surface area (Å²) in [4.78, 5) is 16.7. The van der Waals surface area contributed by atoms with Crippen molar-refractivity contribution in [2.24, 2.45) is 0 Å². The Morgan fingerprint density at radius 1 is 1.33 bits per heavy atom. The molecule has 0 spiro atoms. The molecule has 33 heavy (non-hydrogen) atoms. The van der Waals surface area contributed by atoms with Gasteiger partial charge in [-0.3, -0.25) is 4.68 Å². The fraction of sp³-hybridized carbons (Fsp3) is 0.217. The molecule has 3 heterocycles. The summed E-state index contributed by atoms with van der Waals surface area (Å²) in [5, 5.41) is 36.5. The van der Waals surface area contributed by atoms with Crippen LogP contribution >= 0.6 is 0 Å². The normalized spacial score (nSPS) is 14.6. The summed E-state index contributed by atoms with van der Waals surface area (Å²) in [6, 6.07) is 11.8. The van der Waals surface area contributed by atoms with Gasteiger partial charge in [-0.15, -0.1) is 0 Å². The molecule has 1 aromatic carbocycles. The van der Waals surface area contributed by atoms with Crippen LogP contribution in [0.15, 0.2) is 36.7 Å². The number of nitriles is 2. The molecule has 10 nitrogen and oxygen atoms in total. The molecular weight excluding hydrogens is 422 g/mol. The zero-order chi connectivity index (χ0) is 23.1. The first kappa shape index (κ1) is 20.2. The Morgan fingerprint density at radius 2 is 2.18 bits per heavy atom. The summed E-state index contributed by atoms with van der Waals surface area (Å²) < 4.78 is 7.89. The molecule has 0 amide bonds. The SMILES string of the molecule is COc1cc2c(nc1-c1cccc3c1CCC3C#N)c(-c1cnn(CC#N)c1)nn2C(=O)O. The number of rotatable bonds is 4. The van der Waals surface area contributed by atoms with Gasteiger partial charge in [0.15, 0.2) is 0 Å². The smallest absolute Gasteiger partial charge is 0.432 e. The number of hydrogen-bond acceptors (Lipinski definition) is 7. The van der Waals surface area contributed by atoms with Crippen molar-refractivity contribution in [1.29, 1.82) is 10.5 Å². The Morgan fingerprint density at radius 3 is 2.91 bits per heavy atom. The van der Waals surface area contributed by atoms with Crippen LogP contribution < -0.4 is 4.74 Å². The Bertz CT molecular complexity index is 1500. The number of ether oxygens (including phenoxy) is 1. The van der Waals surface area contributed by atoms with Crippen molar-refractivity contribution in [3.05, 3.63) is 47.8 Å². The number of pyridine rings is 1. The molecule has 1 N–H and O–H groups in total. The minimum atomic E-state index is -1.26. The van der Waals surface area contributed by atoms with Crippen molar-refractivity contribution in [2.75, 3.05) is 7.11 Å². The average Bonchev–Trinajstić information content (AvgIpc) is 3.54. The maximum Gasteiger partial charge on any atom is 0.432 e. The van der Waals surface area contributed by atoms with Gasteiger partial charge in [0.2, 0.25) is 0 Å². The lowest BCUT2D eigenvalue weighted by Gasteiger charge is -2.13. The van der Waals surface area contributed by atoms with Crippen LogP contribution in [-0.2, 0) is 13.0 Å². The third-order valence-corrected chi connectivity index (χ3v) is 5.84. The van der Waals surface area contributed by atoms with Crippen LogP contribution in [0.5, 0.6) is 5.75 Å².